The van der Waals surface area contributed by atoms with E-state index in [2.05, 4.69) is 19.9 Å². The van der Waals surface area contributed by atoms with Crippen LogP contribution in [0.4, 0.5) is 0 Å². The number of allylic oxidation sites excluding steroid dienone is 3. The van der Waals surface area contributed by atoms with Crippen LogP contribution in [0.1, 0.15) is 67.5 Å². The molecule has 6 heteroatoms. The van der Waals surface area contributed by atoms with Gasteiger partial charge in [0, 0.05) is 6.61 Å². The summed E-state index contributed by atoms with van der Waals surface area (Å²) in [6, 6.07) is 1.75. The Morgan fingerprint density at radius 3 is 2.59 bits per heavy atom. The first-order valence-electron chi connectivity index (χ1n) is 9.75. The summed E-state index contributed by atoms with van der Waals surface area (Å²) in [5, 5.41) is 10.9. The third-order valence-corrected chi connectivity index (χ3v) is 5.21. The first kappa shape index (κ1) is 20.9. The molecule has 1 aromatic carbocycles. The highest BCUT2D eigenvalue weighted by atomic mass is 16.7. The van der Waals surface area contributed by atoms with E-state index in [9.17, 15) is 14.7 Å². The van der Waals surface area contributed by atoms with Crippen LogP contribution >= 0.6 is 0 Å². The lowest BCUT2D eigenvalue weighted by Crippen LogP contribution is -2.24. The molecule has 154 valence electrons. The predicted octanol–water partition coefficient (Wildman–Crippen LogP) is 4.54. The van der Waals surface area contributed by atoms with Crippen LogP contribution < -0.4 is 0 Å². The maximum absolute atomic E-state index is 12.5. The number of methoxy groups -OCH3 is 1. The predicted molar refractivity (Wildman–Crippen MR) is 109 cm³/mol. The Hall–Kier alpha value is -2.86. The largest absolute Gasteiger partial charge is 0.507 e. The second-order valence-corrected chi connectivity index (χ2v) is 7.21. The number of benzene rings is 1. The molecule has 0 saturated carbocycles. The number of carbonyl (C=O) groups is 2. The monoisotopic (exact) mass is 398 g/mol. The summed E-state index contributed by atoms with van der Waals surface area (Å²) in [7, 11) is 1.33. The average Bonchev–Trinajstić information content (AvgIpc) is 2.70. The SMILES string of the molecule is CCO[C@@H]1OC(C(C)=C[C@H](C)CC)=Cc2cc3c(c(O)c21)C(=O)C(=O)C(OC)=C3. The molecule has 0 radical (unpaired) electrons. The topological polar surface area (TPSA) is 82.1 Å². The zero-order valence-corrected chi connectivity index (χ0v) is 17.4. The third-order valence-electron chi connectivity index (χ3n) is 5.21. The molecule has 1 aliphatic heterocycles. The fourth-order valence-electron chi connectivity index (χ4n) is 3.48. The molecular formula is C23H26O6. The number of fused-ring (bicyclic) bond motifs is 2. The zero-order chi connectivity index (χ0) is 21.3. The molecule has 29 heavy (non-hydrogen) atoms. The van der Waals surface area contributed by atoms with E-state index in [1.165, 1.54) is 13.2 Å². The number of hydrogen-bond acceptors (Lipinski definition) is 6. The fraction of sp³-hybridized carbons (Fsp3) is 0.391. The lowest BCUT2D eigenvalue weighted by Gasteiger charge is -2.29. The second-order valence-electron chi connectivity index (χ2n) is 7.21. The van der Waals surface area contributed by atoms with E-state index in [0.29, 0.717) is 35.0 Å². The lowest BCUT2D eigenvalue weighted by atomic mass is 9.87. The molecule has 0 bridgehead atoms. The summed E-state index contributed by atoms with van der Waals surface area (Å²) < 4.78 is 16.7. The quantitative estimate of drug-likeness (QED) is 0.708. The van der Waals surface area contributed by atoms with Crippen molar-refractivity contribution in [3.63, 3.8) is 0 Å². The van der Waals surface area contributed by atoms with E-state index < -0.39 is 17.9 Å². The molecule has 1 heterocycles. The number of rotatable bonds is 6. The highest BCUT2D eigenvalue weighted by Crippen LogP contribution is 2.44. The molecule has 6 nitrogen and oxygen atoms in total. The average molecular weight is 398 g/mol. The molecular weight excluding hydrogens is 372 g/mol. The van der Waals surface area contributed by atoms with Gasteiger partial charge in [-0.15, -0.1) is 0 Å². The Kier molecular flexibility index (Phi) is 5.94. The maximum atomic E-state index is 12.5. The summed E-state index contributed by atoms with van der Waals surface area (Å²) in [6.07, 6.45) is 5.55. The number of aromatic hydroxyl groups is 1. The number of carbonyl (C=O) groups excluding carboxylic acids is 2. The van der Waals surface area contributed by atoms with Crippen molar-refractivity contribution in [1.29, 1.82) is 0 Å². The summed E-state index contributed by atoms with van der Waals surface area (Å²) in [6.45, 7) is 8.38. The first-order valence-corrected chi connectivity index (χ1v) is 9.75. The molecule has 3 rings (SSSR count). The molecule has 0 saturated heterocycles. The van der Waals surface area contributed by atoms with Crippen LogP contribution in [0.2, 0.25) is 0 Å². The van der Waals surface area contributed by atoms with E-state index in [1.54, 1.807) is 6.07 Å². The van der Waals surface area contributed by atoms with E-state index >= 15 is 0 Å². The minimum atomic E-state index is -0.878. The Labute approximate surface area is 170 Å². The summed E-state index contributed by atoms with van der Waals surface area (Å²) in [5.41, 5.74) is 2.37. The van der Waals surface area contributed by atoms with Crippen LogP contribution in [-0.4, -0.2) is 30.4 Å². The van der Waals surface area contributed by atoms with Gasteiger partial charge in [0.2, 0.25) is 12.1 Å². The number of Topliss-reactive ketones (excluding diaryl/α,β-unsaturated/α-hetero) is 2. The Balaban J connectivity index is 2.20. The van der Waals surface area contributed by atoms with Gasteiger partial charge >= 0.3 is 0 Å². The highest BCUT2D eigenvalue weighted by Gasteiger charge is 2.36. The lowest BCUT2D eigenvalue weighted by molar-refractivity contribution is -0.117. The molecule has 1 N–H and O–H groups in total. The van der Waals surface area contributed by atoms with Gasteiger partial charge in [-0.1, -0.05) is 26.3 Å². The van der Waals surface area contributed by atoms with Gasteiger partial charge in [0.25, 0.3) is 5.78 Å². The summed E-state index contributed by atoms with van der Waals surface area (Å²) in [5.74, 6) is -0.906. The Morgan fingerprint density at radius 2 is 1.97 bits per heavy atom. The number of ether oxygens (including phenoxy) is 3. The van der Waals surface area contributed by atoms with Crippen molar-refractivity contribution in [2.75, 3.05) is 13.7 Å². The standard InChI is InChI=1S/C23H26O6/c1-6-12(3)8-13(4)16-10-15-9-14-11-17(27-5)20(24)22(26)18(14)21(25)19(15)23(29-16)28-7-2/h8-12,23,25H,6-7H2,1-5H3/t12-,23-/m1/s1. The molecule has 0 aromatic heterocycles. The third kappa shape index (κ3) is 3.72. The molecule has 2 atom stereocenters. The summed E-state index contributed by atoms with van der Waals surface area (Å²) >= 11 is 0. The second kappa shape index (κ2) is 8.25. The van der Waals surface area contributed by atoms with Crippen molar-refractivity contribution >= 4 is 23.7 Å². The normalized spacial score (nSPS) is 19.6. The van der Waals surface area contributed by atoms with Gasteiger partial charge in [-0.25, -0.2) is 0 Å². The molecule has 1 aromatic rings. The maximum Gasteiger partial charge on any atom is 0.268 e. The van der Waals surface area contributed by atoms with Crippen molar-refractivity contribution in [3.05, 3.63) is 51.5 Å². The van der Waals surface area contributed by atoms with E-state index in [1.807, 2.05) is 19.9 Å². The minimum Gasteiger partial charge on any atom is -0.507 e. The zero-order valence-electron chi connectivity index (χ0n) is 17.4. The van der Waals surface area contributed by atoms with Gasteiger partial charge in [0.05, 0.1) is 18.2 Å². The van der Waals surface area contributed by atoms with Crippen molar-refractivity contribution < 1.29 is 28.9 Å². The summed E-state index contributed by atoms with van der Waals surface area (Å²) in [4.78, 5) is 24.7. The first-order chi connectivity index (χ1) is 13.8. The molecule has 0 spiro atoms. The van der Waals surface area contributed by atoms with Crippen LogP contribution in [0, 0.1) is 5.92 Å². The van der Waals surface area contributed by atoms with Crippen LogP contribution in [0.3, 0.4) is 0 Å². The van der Waals surface area contributed by atoms with Gasteiger partial charge in [0.1, 0.15) is 11.5 Å². The van der Waals surface area contributed by atoms with E-state index in [-0.39, 0.29) is 17.1 Å². The molecule has 0 fully saturated rings. The van der Waals surface area contributed by atoms with Gasteiger partial charge < -0.3 is 19.3 Å². The molecule has 1 aliphatic carbocycles. The van der Waals surface area contributed by atoms with E-state index in [0.717, 1.165) is 12.0 Å². The highest BCUT2D eigenvalue weighted by molar-refractivity contribution is 6.51. The number of hydrogen-bond donors (Lipinski definition) is 1. The van der Waals surface area contributed by atoms with E-state index in [4.69, 9.17) is 14.2 Å². The van der Waals surface area contributed by atoms with Gasteiger partial charge in [-0.3, -0.25) is 9.59 Å². The smallest absolute Gasteiger partial charge is 0.268 e. The van der Waals surface area contributed by atoms with Gasteiger partial charge in [-0.2, -0.15) is 0 Å². The fourth-order valence-corrected chi connectivity index (χ4v) is 3.48. The minimum absolute atomic E-state index is 0.0488. The van der Waals surface area contributed by atoms with Gasteiger partial charge in [0.15, 0.2) is 5.76 Å². The molecule has 2 aliphatic rings. The number of ketones is 2. The van der Waals surface area contributed by atoms with Crippen LogP contribution in [0.15, 0.2) is 29.2 Å². The molecule has 0 unspecified atom stereocenters. The number of phenolic OH excluding ortho intramolecular Hbond substituents is 1. The van der Waals surface area contributed by atoms with Crippen molar-refractivity contribution in [3.8, 4) is 5.75 Å². The van der Waals surface area contributed by atoms with Crippen molar-refractivity contribution in [2.24, 2.45) is 5.92 Å². The Bertz CT molecular complexity index is 951. The molecule has 0 amide bonds. The Morgan fingerprint density at radius 1 is 1.24 bits per heavy atom. The van der Waals surface area contributed by atoms with Crippen molar-refractivity contribution in [2.45, 2.75) is 40.4 Å². The van der Waals surface area contributed by atoms with Crippen LogP contribution in [0.25, 0.3) is 12.2 Å². The van der Waals surface area contributed by atoms with Crippen molar-refractivity contribution in [1.82, 2.24) is 0 Å². The van der Waals surface area contributed by atoms with Crippen LogP contribution in [0.5, 0.6) is 5.75 Å². The van der Waals surface area contributed by atoms with Crippen LogP contribution in [-0.2, 0) is 19.0 Å². The van der Waals surface area contributed by atoms with Gasteiger partial charge in [-0.05, 0) is 54.7 Å². The number of phenols is 1.